The van der Waals surface area contributed by atoms with Gasteiger partial charge in [0.1, 0.15) is 12.6 Å². The minimum absolute atomic E-state index is 0.779. The summed E-state index contributed by atoms with van der Waals surface area (Å²) in [6.45, 7) is 5.38. The van der Waals surface area contributed by atoms with Crippen molar-refractivity contribution in [2.75, 3.05) is 32.7 Å². The fourth-order valence-corrected chi connectivity index (χ4v) is 2.81. The Bertz CT molecular complexity index is 522. The summed E-state index contributed by atoms with van der Waals surface area (Å²) in [6.07, 6.45) is 5.00. The lowest BCUT2D eigenvalue weighted by molar-refractivity contribution is -0.104. The lowest BCUT2D eigenvalue weighted by Crippen LogP contribution is -2.42. The third-order valence-electron chi connectivity index (χ3n) is 3.81. The van der Waals surface area contributed by atoms with Crippen LogP contribution in [-0.4, -0.2) is 53.9 Å². The van der Waals surface area contributed by atoms with Gasteiger partial charge in [-0.3, -0.25) is 4.79 Å². The largest absolute Gasteiger partial charge is 0.367 e. The third-order valence-corrected chi connectivity index (χ3v) is 3.81. The predicted molar refractivity (Wildman–Crippen MR) is 75.9 cm³/mol. The molecular weight excluding hydrogens is 254 g/mol. The molecule has 2 aliphatic rings. The molecule has 0 aromatic carbocycles. The molecule has 2 N–H and O–H groups in total. The molecule has 20 heavy (non-hydrogen) atoms. The Balaban J connectivity index is 1.99. The molecule has 0 aliphatic carbocycles. The second-order valence-electron chi connectivity index (χ2n) is 5.00. The Hall–Kier alpha value is -1.79. The van der Waals surface area contributed by atoms with Crippen LogP contribution in [0.2, 0.25) is 0 Å². The quantitative estimate of drug-likeness (QED) is 0.575. The van der Waals surface area contributed by atoms with E-state index in [4.69, 9.17) is 0 Å². The van der Waals surface area contributed by atoms with Crippen molar-refractivity contribution in [1.82, 2.24) is 25.5 Å². The number of fused-ring (bicyclic) bond motifs is 1. The Kier molecular flexibility index (Phi) is 4.03. The number of carbonyl (C=O) groups excluding carboxylic acids is 1. The predicted octanol–water partition coefficient (Wildman–Crippen LogP) is -0.433. The van der Waals surface area contributed by atoms with E-state index in [1.807, 2.05) is 0 Å². The van der Waals surface area contributed by atoms with Crippen LogP contribution in [0.5, 0.6) is 0 Å². The van der Waals surface area contributed by atoms with Gasteiger partial charge in [0.05, 0.1) is 17.1 Å². The fourth-order valence-electron chi connectivity index (χ4n) is 2.81. The van der Waals surface area contributed by atoms with Gasteiger partial charge >= 0.3 is 0 Å². The molecule has 2 aliphatic heterocycles. The van der Waals surface area contributed by atoms with Gasteiger partial charge in [-0.05, 0) is 13.0 Å². The molecule has 106 valence electrons. The van der Waals surface area contributed by atoms with Gasteiger partial charge in [-0.2, -0.15) is 0 Å². The van der Waals surface area contributed by atoms with E-state index in [1.54, 1.807) is 12.4 Å². The van der Waals surface area contributed by atoms with Gasteiger partial charge < -0.3 is 15.5 Å². The van der Waals surface area contributed by atoms with Crippen LogP contribution in [0.25, 0.3) is 5.70 Å². The summed E-state index contributed by atoms with van der Waals surface area (Å²) in [5.41, 5.74) is 4.08. The van der Waals surface area contributed by atoms with Crippen molar-refractivity contribution in [1.29, 1.82) is 0 Å². The van der Waals surface area contributed by atoms with Crippen molar-refractivity contribution < 1.29 is 4.79 Å². The molecule has 0 saturated carbocycles. The highest BCUT2D eigenvalue weighted by molar-refractivity contribution is 5.80. The topological polar surface area (TPSA) is 70.2 Å². The fraction of sp³-hybridized carbons (Fsp3) is 0.500. The van der Waals surface area contributed by atoms with Crippen molar-refractivity contribution in [2.24, 2.45) is 0 Å². The van der Waals surface area contributed by atoms with Crippen LogP contribution in [0, 0.1) is 0 Å². The first-order valence-corrected chi connectivity index (χ1v) is 7.05. The van der Waals surface area contributed by atoms with Crippen molar-refractivity contribution in [3.8, 4) is 0 Å². The van der Waals surface area contributed by atoms with E-state index in [0.29, 0.717) is 0 Å². The molecule has 1 saturated heterocycles. The molecule has 0 unspecified atom stereocenters. The van der Waals surface area contributed by atoms with Crippen LogP contribution in [-0.2, 0) is 17.8 Å². The average Bonchev–Trinajstić information content (AvgIpc) is 2.53. The molecule has 0 bridgehead atoms. The molecule has 3 heterocycles. The van der Waals surface area contributed by atoms with Gasteiger partial charge in [-0.15, -0.1) is 0 Å². The first-order chi connectivity index (χ1) is 9.90. The number of aldehydes is 1. The summed E-state index contributed by atoms with van der Waals surface area (Å²) in [5, 5.41) is 6.64. The summed E-state index contributed by atoms with van der Waals surface area (Å²) in [5.74, 6) is 0. The van der Waals surface area contributed by atoms with E-state index in [2.05, 4.69) is 25.5 Å². The summed E-state index contributed by atoms with van der Waals surface area (Å²) in [7, 11) is 0. The standard InChI is InChI=1S/C14H19N5O/c20-8-2-13(19-6-4-15-5-7-19)14-11-1-3-16-9-12(11)17-10-18-14/h2,8,10,15-16H,1,3-7,9H2. The highest BCUT2D eigenvalue weighted by Gasteiger charge is 2.22. The lowest BCUT2D eigenvalue weighted by Gasteiger charge is -2.32. The second-order valence-corrected chi connectivity index (χ2v) is 5.00. The Labute approximate surface area is 118 Å². The van der Waals surface area contributed by atoms with E-state index in [-0.39, 0.29) is 0 Å². The molecule has 0 radical (unpaired) electrons. The van der Waals surface area contributed by atoms with E-state index in [9.17, 15) is 4.79 Å². The molecule has 0 amide bonds. The molecular formula is C14H19N5O. The Morgan fingerprint density at radius 2 is 2.05 bits per heavy atom. The maximum absolute atomic E-state index is 11.0. The number of rotatable bonds is 3. The molecule has 0 spiro atoms. The number of carbonyl (C=O) groups is 1. The zero-order valence-corrected chi connectivity index (χ0v) is 11.4. The normalized spacial score (nSPS) is 19.6. The van der Waals surface area contributed by atoms with Crippen LogP contribution in [0.1, 0.15) is 17.0 Å². The van der Waals surface area contributed by atoms with Gasteiger partial charge in [0.25, 0.3) is 0 Å². The highest BCUT2D eigenvalue weighted by Crippen LogP contribution is 2.24. The molecule has 1 aromatic heterocycles. The number of nitrogens with zero attached hydrogens (tertiary/aromatic N) is 3. The monoisotopic (exact) mass is 273 g/mol. The Morgan fingerprint density at radius 1 is 1.20 bits per heavy atom. The maximum Gasteiger partial charge on any atom is 0.144 e. The van der Waals surface area contributed by atoms with E-state index >= 15 is 0 Å². The van der Waals surface area contributed by atoms with E-state index < -0.39 is 0 Å². The van der Waals surface area contributed by atoms with Crippen LogP contribution < -0.4 is 10.6 Å². The molecule has 1 fully saturated rings. The smallest absolute Gasteiger partial charge is 0.144 e. The van der Waals surface area contributed by atoms with Crippen LogP contribution in [0.4, 0.5) is 0 Å². The van der Waals surface area contributed by atoms with Crippen LogP contribution >= 0.6 is 0 Å². The first-order valence-electron chi connectivity index (χ1n) is 7.05. The SMILES string of the molecule is O=CC=C(c1ncnc2c1CCNC2)N1CCNCC1. The number of hydrogen-bond acceptors (Lipinski definition) is 6. The van der Waals surface area contributed by atoms with Gasteiger partial charge in [0.2, 0.25) is 0 Å². The van der Waals surface area contributed by atoms with Crippen molar-refractivity contribution >= 4 is 12.0 Å². The zero-order valence-electron chi connectivity index (χ0n) is 11.4. The number of hydrogen-bond donors (Lipinski definition) is 2. The third kappa shape index (κ3) is 2.57. The summed E-state index contributed by atoms with van der Waals surface area (Å²) in [6, 6.07) is 0. The van der Waals surface area contributed by atoms with Crippen LogP contribution in [0.3, 0.4) is 0 Å². The second kappa shape index (κ2) is 6.11. The molecule has 1 aromatic rings. The Morgan fingerprint density at radius 3 is 2.85 bits per heavy atom. The summed E-state index contributed by atoms with van der Waals surface area (Å²) in [4.78, 5) is 22.1. The van der Waals surface area contributed by atoms with Gasteiger partial charge in [0.15, 0.2) is 0 Å². The number of aromatic nitrogens is 2. The number of piperazine rings is 1. The minimum atomic E-state index is 0.779. The van der Waals surface area contributed by atoms with Crippen molar-refractivity contribution in [3.63, 3.8) is 0 Å². The number of nitrogens with one attached hydrogen (secondary N) is 2. The summed E-state index contributed by atoms with van der Waals surface area (Å²) < 4.78 is 0. The average molecular weight is 273 g/mol. The molecule has 6 heteroatoms. The van der Waals surface area contributed by atoms with Gasteiger partial charge in [0, 0.05) is 44.4 Å². The molecule has 3 rings (SSSR count). The van der Waals surface area contributed by atoms with E-state index in [1.165, 1.54) is 5.56 Å². The zero-order chi connectivity index (χ0) is 13.8. The van der Waals surface area contributed by atoms with Crippen molar-refractivity contribution in [2.45, 2.75) is 13.0 Å². The van der Waals surface area contributed by atoms with Crippen LogP contribution in [0.15, 0.2) is 12.4 Å². The molecule has 0 atom stereocenters. The highest BCUT2D eigenvalue weighted by atomic mass is 16.1. The van der Waals surface area contributed by atoms with Crippen molar-refractivity contribution in [3.05, 3.63) is 29.4 Å². The summed E-state index contributed by atoms with van der Waals surface area (Å²) >= 11 is 0. The maximum atomic E-state index is 11.0. The van der Waals surface area contributed by atoms with Gasteiger partial charge in [-0.1, -0.05) is 0 Å². The number of allylic oxidation sites excluding steroid dienone is 1. The van der Waals surface area contributed by atoms with Gasteiger partial charge in [-0.25, -0.2) is 9.97 Å². The lowest BCUT2D eigenvalue weighted by atomic mass is 10.0. The minimum Gasteiger partial charge on any atom is -0.367 e. The molecule has 6 nitrogen and oxygen atoms in total. The first kappa shape index (κ1) is 13.2. The van der Waals surface area contributed by atoms with E-state index in [0.717, 1.165) is 69.1 Å².